The molecule has 0 fully saturated rings. The smallest absolute Gasteiger partial charge is 0.176 e. The second-order valence-corrected chi connectivity index (χ2v) is 10.6. The first kappa shape index (κ1) is 31.0. The van der Waals surface area contributed by atoms with E-state index in [2.05, 4.69) is 68.3 Å². The zero-order valence-corrected chi connectivity index (χ0v) is 26.0. The third-order valence-electron chi connectivity index (χ3n) is 7.48. The van der Waals surface area contributed by atoms with Crippen LogP contribution < -0.4 is 9.80 Å². The number of hydrogen-bond acceptors (Lipinski definition) is 6. The van der Waals surface area contributed by atoms with Crippen LogP contribution in [0.4, 0.5) is 34.1 Å². The van der Waals surface area contributed by atoms with E-state index in [4.69, 9.17) is 0 Å². The molecular weight excluding hydrogens is 589 g/mol. The van der Waals surface area contributed by atoms with Crippen LogP contribution in [-0.2, 0) is 0 Å². The van der Waals surface area contributed by atoms with Crippen LogP contribution in [0.25, 0.3) is 0 Å². The van der Waals surface area contributed by atoms with E-state index in [0.29, 0.717) is 0 Å². The Bertz CT molecular complexity index is 1870. The lowest BCUT2D eigenvalue weighted by Crippen LogP contribution is -2.09. The number of allylic oxidation sites excluding steroid dienone is 2. The van der Waals surface area contributed by atoms with Crippen LogP contribution in [0.5, 0.6) is 0 Å². The average molecular weight is 619 g/mol. The third kappa shape index (κ3) is 7.43. The maximum atomic E-state index is 9.83. The summed E-state index contributed by atoms with van der Waals surface area (Å²) in [6.45, 7) is 0. The lowest BCUT2D eigenvalue weighted by atomic mass is 10.1. The van der Waals surface area contributed by atoms with E-state index in [0.717, 1.165) is 45.3 Å². The third-order valence-corrected chi connectivity index (χ3v) is 7.48. The molecular formula is C42H30N6. The van der Waals surface area contributed by atoms with Crippen molar-refractivity contribution in [2.24, 2.45) is 9.98 Å². The van der Waals surface area contributed by atoms with E-state index in [1.807, 2.05) is 133 Å². The summed E-state index contributed by atoms with van der Waals surface area (Å²) >= 11 is 0. The Morgan fingerprint density at radius 3 is 0.875 bits per heavy atom. The SMILES string of the molecule is N#CC(N=Cc1ccc(N(c2ccccc2)c2ccccc2)cc1)=C(C#N)N=Cc1ccc(N(c2ccccc2)c2ccccc2)cc1. The molecule has 0 atom stereocenters. The number of anilines is 6. The van der Waals surface area contributed by atoms with Crippen molar-refractivity contribution in [2.45, 2.75) is 0 Å². The van der Waals surface area contributed by atoms with E-state index in [1.54, 1.807) is 12.4 Å². The van der Waals surface area contributed by atoms with Gasteiger partial charge in [-0.1, -0.05) is 97.1 Å². The Hall–Kier alpha value is -7.02. The largest absolute Gasteiger partial charge is 0.311 e. The van der Waals surface area contributed by atoms with E-state index in [-0.39, 0.29) is 11.4 Å². The first-order valence-electron chi connectivity index (χ1n) is 15.4. The van der Waals surface area contributed by atoms with Crippen molar-refractivity contribution < 1.29 is 0 Å². The fourth-order valence-corrected chi connectivity index (χ4v) is 5.19. The van der Waals surface area contributed by atoms with Crippen LogP contribution in [0.3, 0.4) is 0 Å². The molecule has 0 amide bonds. The van der Waals surface area contributed by atoms with Crippen molar-refractivity contribution in [3.05, 3.63) is 192 Å². The van der Waals surface area contributed by atoms with Crippen LogP contribution in [0.2, 0.25) is 0 Å². The van der Waals surface area contributed by atoms with Gasteiger partial charge in [0.15, 0.2) is 11.4 Å². The van der Waals surface area contributed by atoms with Gasteiger partial charge in [0.25, 0.3) is 0 Å². The lowest BCUT2D eigenvalue weighted by Gasteiger charge is -2.25. The minimum Gasteiger partial charge on any atom is -0.311 e. The van der Waals surface area contributed by atoms with Crippen molar-refractivity contribution in [1.29, 1.82) is 10.5 Å². The highest BCUT2D eigenvalue weighted by atomic mass is 15.1. The van der Waals surface area contributed by atoms with Crippen LogP contribution in [0, 0.1) is 22.7 Å². The van der Waals surface area contributed by atoms with Crippen molar-refractivity contribution in [3.63, 3.8) is 0 Å². The highest BCUT2D eigenvalue weighted by Crippen LogP contribution is 2.35. The summed E-state index contributed by atoms with van der Waals surface area (Å²) in [4.78, 5) is 13.0. The molecule has 0 saturated carbocycles. The monoisotopic (exact) mass is 618 g/mol. The Morgan fingerprint density at radius 1 is 0.375 bits per heavy atom. The molecule has 6 nitrogen and oxygen atoms in total. The van der Waals surface area contributed by atoms with Crippen molar-refractivity contribution in [1.82, 2.24) is 0 Å². The van der Waals surface area contributed by atoms with E-state index >= 15 is 0 Å². The van der Waals surface area contributed by atoms with Crippen LogP contribution >= 0.6 is 0 Å². The molecule has 0 aliphatic heterocycles. The van der Waals surface area contributed by atoms with Crippen LogP contribution in [0.1, 0.15) is 11.1 Å². The predicted octanol–water partition coefficient (Wildman–Crippen LogP) is 10.4. The normalized spacial score (nSPS) is 11.5. The van der Waals surface area contributed by atoms with Gasteiger partial charge in [0.2, 0.25) is 0 Å². The summed E-state index contributed by atoms with van der Waals surface area (Å²) in [5, 5.41) is 19.7. The van der Waals surface area contributed by atoms with Gasteiger partial charge in [-0.05, 0) is 83.9 Å². The predicted molar refractivity (Wildman–Crippen MR) is 196 cm³/mol. The maximum absolute atomic E-state index is 9.83. The number of nitriles is 2. The Labute approximate surface area is 280 Å². The molecule has 0 aliphatic rings. The Balaban J connectivity index is 1.20. The Kier molecular flexibility index (Phi) is 9.89. The summed E-state index contributed by atoms with van der Waals surface area (Å²) in [5.74, 6) is 0. The zero-order valence-electron chi connectivity index (χ0n) is 26.0. The molecule has 0 saturated heterocycles. The van der Waals surface area contributed by atoms with Gasteiger partial charge in [0.05, 0.1) is 0 Å². The summed E-state index contributed by atoms with van der Waals surface area (Å²) < 4.78 is 0. The molecule has 6 aromatic rings. The minimum atomic E-state index is -0.0658. The van der Waals surface area contributed by atoms with Crippen LogP contribution in [0.15, 0.2) is 191 Å². The molecule has 0 aliphatic carbocycles. The highest BCUT2D eigenvalue weighted by Gasteiger charge is 2.13. The molecule has 0 spiro atoms. The Morgan fingerprint density at radius 2 is 0.625 bits per heavy atom. The van der Waals surface area contributed by atoms with Crippen molar-refractivity contribution >= 4 is 46.6 Å². The number of aliphatic imine (C=N–C) groups is 2. The van der Waals surface area contributed by atoms with Gasteiger partial charge in [-0.3, -0.25) is 0 Å². The summed E-state index contributed by atoms with van der Waals surface area (Å²) in [6.07, 6.45) is 3.14. The number of hydrogen-bond donors (Lipinski definition) is 0. The molecule has 0 aromatic heterocycles. The number of benzene rings is 6. The lowest BCUT2D eigenvalue weighted by molar-refractivity contribution is 1.27. The number of rotatable bonds is 10. The van der Waals surface area contributed by atoms with E-state index < -0.39 is 0 Å². The van der Waals surface area contributed by atoms with Gasteiger partial charge >= 0.3 is 0 Å². The number of nitrogens with zero attached hydrogens (tertiary/aromatic N) is 6. The first-order chi connectivity index (χ1) is 23.7. The van der Waals surface area contributed by atoms with Crippen LogP contribution in [-0.4, -0.2) is 12.4 Å². The topological polar surface area (TPSA) is 78.8 Å². The van der Waals surface area contributed by atoms with Gasteiger partial charge in [-0.2, -0.15) is 10.5 Å². The fraction of sp³-hybridized carbons (Fsp3) is 0. The van der Waals surface area contributed by atoms with Gasteiger partial charge in [0.1, 0.15) is 12.1 Å². The molecule has 0 unspecified atom stereocenters. The summed E-state index contributed by atoms with van der Waals surface area (Å²) in [5.41, 5.74) is 7.54. The molecule has 0 bridgehead atoms. The zero-order chi connectivity index (χ0) is 33.0. The van der Waals surface area contributed by atoms with Gasteiger partial charge in [0, 0.05) is 46.6 Å². The molecule has 6 rings (SSSR count). The van der Waals surface area contributed by atoms with E-state index in [9.17, 15) is 10.5 Å². The second-order valence-electron chi connectivity index (χ2n) is 10.6. The molecule has 0 heterocycles. The minimum absolute atomic E-state index is 0.0658. The molecule has 0 N–H and O–H groups in total. The van der Waals surface area contributed by atoms with Gasteiger partial charge in [-0.15, -0.1) is 0 Å². The molecule has 6 aromatic carbocycles. The van der Waals surface area contributed by atoms with Gasteiger partial charge in [-0.25, -0.2) is 9.98 Å². The quantitative estimate of drug-likeness (QED) is 0.113. The second kappa shape index (κ2) is 15.3. The molecule has 48 heavy (non-hydrogen) atoms. The number of para-hydroxylation sites is 4. The van der Waals surface area contributed by atoms with E-state index in [1.165, 1.54) is 0 Å². The maximum Gasteiger partial charge on any atom is 0.176 e. The average Bonchev–Trinajstić information content (AvgIpc) is 3.16. The first-order valence-corrected chi connectivity index (χ1v) is 15.4. The fourth-order valence-electron chi connectivity index (χ4n) is 5.19. The molecule has 228 valence electrons. The summed E-state index contributed by atoms with van der Waals surface area (Å²) in [6, 6.07) is 60.3. The van der Waals surface area contributed by atoms with Crippen molar-refractivity contribution in [2.75, 3.05) is 9.80 Å². The summed E-state index contributed by atoms with van der Waals surface area (Å²) in [7, 11) is 0. The standard InChI is InChI=1S/C42H30N6/c43-29-41(45-31-33-21-25-39(26-22-33)47(35-13-5-1-6-14-35)36-15-7-2-8-16-36)42(30-44)46-32-34-23-27-40(28-24-34)48(37-17-9-3-10-18-37)38-19-11-4-12-20-38/h1-28,31-32H. The molecule has 6 heteroatoms. The van der Waals surface area contributed by atoms with Gasteiger partial charge < -0.3 is 9.80 Å². The highest BCUT2D eigenvalue weighted by molar-refractivity contribution is 5.85. The molecule has 0 radical (unpaired) electrons. The van der Waals surface area contributed by atoms with Crippen molar-refractivity contribution in [3.8, 4) is 12.1 Å².